The number of hydrogen-bond donors (Lipinski definition) is 4. The summed E-state index contributed by atoms with van der Waals surface area (Å²) in [4.78, 5) is 30.4. The Balaban J connectivity index is 2.14. The third kappa shape index (κ3) is 4.70. The number of aromatic nitrogens is 6. The van der Waals surface area contributed by atoms with E-state index in [-0.39, 0.29) is 11.5 Å². The van der Waals surface area contributed by atoms with Crippen molar-refractivity contribution in [2.24, 2.45) is 0 Å². The van der Waals surface area contributed by atoms with Gasteiger partial charge >= 0.3 is 11.9 Å². The van der Waals surface area contributed by atoms with Gasteiger partial charge in [-0.05, 0) is 19.9 Å². The standard InChI is InChI=1S/C18H15F4N7O4/c1-4-11(18(20,21)22)33-16-9(15(31)24-13-7(2)26-27-8(13)3)5-10(19)14(25-16)29-17(32)23-12(6-30)28-29/h1,5,11,30H,6H2,2-3H3,(H,24,31)(H,26,27)(H,23,28,32)/t11-/m0/s1. The van der Waals surface area contributed by atoms with Gasteiger partial charge in [0, 0.05) is 0 Å². The molecule has 0 saturated carbocycles. The van der Waals surface area contributed by atoms with Crippen molar-refractivity contribution < 1.29 is 32.2 Å². The number of aliphatic hydroxyl groups excluding tert-OH is 1. The molecule has 3 aromatic rings. The molecule has 174 valence electrons. The molecule has 0 aliphatic heterocycles. The molecule has 15 heteroatoms. The number of ether oxygens (including phenoxy) is 1. The molecule has 33 heavy (non-hydrogen) atoms. The molecular weight excluding hydrogens is 454 g/mol. The Labute approximate surface area is 181 Å². The Morgan fingerprint density at radius 2 is 2.12 bits per heavy atom. The normalized spacial score (nSPS) is 12.3. The summed E-state index contributed by atoms with van der Waals surface area (Å²) in [7, 11) is 0. The highest BCUT2D eigenvalue weighted by Gasteiger charge is 2.42. The van der Waals surface area contributed by atoms with Crippen molar-refractivity contribution >= 4 is 11.6 Å². The number of anilines is 1. The lowest BCUT2D eigenvalue weighted by molar-refractivity contribution is -0.177. The summed E-state index contributed by atoms with van der Waals surface area (Å²) in [6.45, 7) is 2.39. The first-order chi connectivity index (χ1) is 15.5. The van der Waals surface area contributed by atoms with Gasteiger partial charge in [0.15, 0.2) is 17.5 Å². The number of nitrogens with zero attached hydrogens (tertiary/aromatic N) is 4. The molecule has 1 atom stereocenters. The van der Waals surface area contributed by atoms with Crippen LogP contribution in [0, 0.1) is 32.0 Å². The molecule has 0 unspecified atom stereocenters. The zero-order valence-corrected chi connectivity index (χ0v) is 16.9. The number of nitrogens with one attached hydrogen (secondary N) is 3. The fourth-order valence-electron chi connectivity index (χ4n) is 2.67. The van der Waals surface area contributed by atoms with Gasteiger partial charge in [0.1, 0.15) is 12.2 Å². The molecule has 0 bridgehead atoms. The Kier molecular flexibility index (Phi) is 6.22. The fourth-order valence-corrected chi connectivity index (χ4v) is 2.67. The number of H-pyrrole nitrogens is 2. The van der Waals surface area contributed by atoms with E-state index in [1.807, 2.05) is 0 Å². The molecule has 4 N–H and O–H groups in total. The smallest absolute Gasteiger partial charge is 0.437 e. The summed E-state index contributed by atoms with van der Waals surface area (Å²) < 4.78 is 59.4. The van der Waals surface area contributed by atoms with E-state index in [2.05, 4.69) is 30.6 Å². The Morgan fingerprint density at radius 3 is 2.64 bits per heavy atom. The van der Waals surface area contributed by atoms with Crippen LogP contribution in [-0.4, -0.2) is 53.2 Å². The molecule has 0 spiro atoms. The molecule has 3 aromatic heterocycles. The van der Waals surface area contributed by atoms with E-state index in [1.54, 1.807) is 13.8 Å². The second kappa shape index (κ2) is 8.74. The average molecular weight is 469 g/mol. The third-order valence-corrected chi connectivity index (χ3v) is 4.23. The highest BCUT2D eigenvalue weighted by Crippen LogP contribution is 2.29. The summed E-state index contributed by atoms with van der Waals surface area (Å²) in [6.07, 6.45) is -2.99. The Morgan fingerprint density at radius 1 is 1.42 bits per heavy atom. The van der Waals surface area contributed by atoms with Gasteiger partial charge in [-0.1, -0.05) is 5.92 Å². The van der Waals surface area contributed by atoms with E-state index in [4.69, 9.17) is 16.3 Å². The second-order valence-electron chi connectivity index (χ2n) is 6.56. The summed E-state index contributed by atoms with van der Waals surface area (Å²) >= 11 is 0. The topological polar surface area (TPSA) is 151 Å². The maximum absolute atomic E-state index is 14.8. The monoisotopic (exact) mass is 469 g/mol. The Hall–Kier alpha value is -4.19. The number of rotatable bonds is 6. The van der Waals surface area contributed by atoms with E-state index in [1.165, 1.54) is 5.92 Å². The van der Waals surface area contributed by atoms with Gasteiger partial charge in [-0.25, -0.2) is 9.18 Å². The van der Waals surface area contributed by atoms with Crippen LogP contribution >= 0.6 is 0 Å². The minimum atomic E-state index is -5.05. The van der Waals surface area contributed by atoms with Gasteiger partial charge in [-0.3, -0.25) is 14.9 Å². The molecule has 0 saturated heterocycles. The van der Waals surface area contributed by atoms with E-state index >= 15 is 0 Å². The summed E-state index contributed by atoms with van der Waals surface area (Å²) in [5, 5.41) is 21.5. The minimum absolute atomic E-state index is 0.205. The first-order valence-corrected chi connectivity index (χ1v) is 8.98. The van der Waals surface area contributed by atoms with E-state index < -0.39 is 53.6 Å². The van der Waals surface area contributed by atoms with Gasteiger partial charge in [-0.2, -0.15) is 27.9 Å². The van der Waals surface area contributed by atoms with E-state index in [0.29, 0.717) is 22.1 Å². The molecule has 0 fully saturated rings. The van der Waals surface area contributed by atoms with Gasteiger partial charge in [0.25, 0.3) is 12.0 Å². The molecular formula is C18H15F4N7O4. The van der Waals surface area contributed by atoms with Crippen molar-refractivity contribution in [1.82, 2.24) is 29.9 Å². The number of aryl methyl sites for hydroxylation is 2. The van der Waals surface area contributed by atoms with Crippen LogP contribution in [0.15, 0.2) is 10.9 Å². The zero-order valence-electron chi connectivity index (χ0n) is 16.9. The first kappa shape index (κ1) is 23.5. The van der Waals surface area contributed by atoms with Crippen LogP contribution < -0.4 is 15.7 Å². The van der Waals surface area contributed by atoms with Crippen LogP contribution in [0.5, 0.6) is 5.88 Å². The van der Waals surface area contributed by atoms with Gasteiger partial charge in [0.2, 0.25) is 5.88 Å². The molecule has 0 radical (unpaired) electrons. The van der Waals surface area contributed by atoms with Crippen LogP contribution in [0.3, 0.4) is 0 Å². The largest absolute Gasteiger partial charge is 0.451 e. The zero-order chi connectivity index (χ0) is 24.5. The first-order valence-electron chi connectivity index (χ1n) is 8.98. The average Bonchev–Trinajstić information content (AvgIpc) is 3.28. The molecule has 3 heterocycles. The second-order valence-corrected chi connectivity index (χ2v) is 6.56. The molecule has 0 aromatic carbocycles. The minimum Gasteiger partial charge on any atom is -0.451 e. The molecule has 0 aliphatic rings. The number of hydrogen-bond acceptors (Lipinski definition) is 7. The van der Waals surface area contributed by atoms with Gasteiger partial charge in [-0.15, -0.1) is 11.5 Å². The highest BCUT2D eigenvalue weighted by molar-refractivity contribution is 6.06. The molecule has 1 amide bonds. The summed E-state index contributed by atoms with van der Waals surface area (Å²) in [5.74, 6) is -3.19. The fraction of sp³-hybridized carbons (Fsp3) is 0.278. The van der Waals surface area contributed by atoms with Crippen molar-refractivity contribution in [2.45, 2.75) is 32.7 Å². The number of aliphatic hydroxyl groups is 1. The van der Waals surface area contributed by atoms with Crippen molar-refractivity contribution in [3.8, 4) is 24.0 Å². The lowest BCUT2D eigenvalue weighted by Gasteiger charge is -2.18. The molecule has 11 nitrogen and oxygen atoms in total. The molecule has 0 aliphatic carbocycles. The highest BCUT2D eigenvalue weighted by atomic mass is 19.4. The van der Waals surface area contributed by atoms with E-state index in [0.717, 1.165) is 0 Å². The number of amides is 1. The maximum atomic E-state index is 14.8. The number of terminal acetylenes is 1. The van der Waals surface area contributed by atoms with Crippen LogP contribution in [0.2, 0.25) is 0 Å². The lowest BCUT2D eigenvalue weighted by Crippen LogP contribution is -2.34. The number of halogens is 4. The van der Waals surface area contributed by atoms with Crippen molar-refractivity contribution in [1.29, 1.82) is 0 Å². The molecule has 3 rings (SSSR count). The van der Waals surface area contributed by atoms with Crippen LogP contribution in [0.1, 0.15) is 27.6 Å². The predicted octanol–water partition coefficient (Wildman–Crippen LogP) is 1.12. The van der Waals surface area contributed by atoms with Crippen molar-refractivity contribution in [3.63, 3.8) is 0 Å². The third-order valence-electron chi connectivity index (χ3n) is 4.23. The lowest BCUT2D eigenvalue weighted by atomic mass is 10.2. The number of alkyl halides is 3. The van der Waals surface area contributed by atoms with Crippen LogP contribution in [0.25, 0.3) is 5.82 Å². The number of aromatic amines is 2. The number of carbonyl (C=O) groups is 1. The van der Waals surface area contributed by atoms with Crippen LogP contribution in [0.4, 0.5) is 23.2 Å². The van der Waals surface area contributed by atoms with Crippen molar-refractivity contribution in [3.05, 3.63) is 45.1 Å². The summed E-state index contributed by atoms with van der Waals surface area (Å²) in [6, 6.07) is 0.515. The SMILES string of the molecule is C#C[C@H](Oc1nc(-n2nc(CO)[nH]c2=O)c(F)cc1C(=O)Nc1c(C)n[nH]c1C)C(F)(F)F. The number of carbonyl (C=O) groups excluding carboxylic acids is 1. The Bertz CT molecular complexity index is 1280. The number of pyridine rings is 1. The van der Waals surface area contributed by atoms with Crippen LogP contribution in [-0.2, 0) is 6.61 Å². The van der Waals surface area contributed by atoms with Gasteiger partial charge < -0.3 is 15.2 Å². The quantitative estimate of drug-likeness (QED) is 0.312. The predicted molar refractivity (Wildman–Crippen MR) is 103 cm³/mol. The van der Waals surface area contributed by atoms with Crippen molar-refractivity contribution in [2.75, 3.05) is 5.32 Å². The van der Waals surface area contributed by atoms with E-state index in [9.17, 15) is 27.2 Å². The van der Waals surface area contributed by atoms with Gasteiger partial charge in [0.05, 0.1) is 17.1 Å². The summed E-state index contributed by atoms with van der Waals surface area (Å²) in [5.41, 5.74) is -0.820. The maximum Gasteiger partial charge on any atom is 0.437 e.